The fourth-order valence-electron chi connectivity index (χ4n) is 6.45. The summed E-state index contributed by atoms with van der Waals surface area (Å²) < 4.78 is 0. The van der Waals surface area contributed by atoms with E-state index in [0.717, 1.165) is 25.7 Å². The first-order valence-corrected chi connectivity index (χ1v) is 17.3. The van der Waals surface area contributed by atoms with Crippen LogP contribution in [0.4, 0.5) is 0 Å². The first kappa shape index (κ1) is 37.3. The van der Waals surface area contributed by atoms with Crippen molar-refractivity contribution in [1.82, 2.24) is 31.2 Å². The molecule has 2 fully saturated rings. The van der Waals surface area contributed by atoms with Crippen LogP contribution >= 0.6 is 0 Å². The first-order chi connectivity index (χ1) is 23.2. The molecule has 13 nitrogen and oxygen atoms in total. The average Bonchev–Trinajstić information content (AvgIpc) is 3.61. The average molecular weight is 679 g/mol. The molecule has 13 heteroatoms. The lowest BCUT2D eigenvalue weighted by atomic mass is 9.85. The fourth-order valence-corrected chi connectivity index (χ4v) is 6.45. The molecule has 266 valence electrons. The summed E-state index contributed by atoms with van der Waals surface area (Å²) in [6, 6.07) is 4.06. The Bertz CT molecular complexity index is 1600. The molecule has 49 heavy (non-hydrogen) atoms. The van der Waals surface area contributed by atoms with Crippen LogP contribution in [0, 0.1) is 11.3 Å². The summed E-state index contributed by atoms with van der Waals surface area (Å²) in [5.74, 6) is -3.91. The summed E-state index contributed by atoms with van der Waals surface area (Å²) in [5.41, 5.74) is 0.102. The molecular formula is C36H50N6O7. The monoisotopic (exact) mass is 678 g/mol. The van der Waals surface area contributed by atoms with Gasteiger partial charge in [-0.1, -0.05) is 65.7 Å². The van der Waals surface area contributed by atoms with Gasteiger partial charge in [0.2, 0.25) is 23.5 Å². The van der Waals surface area contributed by atoms with E-state index in [0.29, 0.717) is 30.3 Å². The smallest absolute Gasteiger partial charge is 0.289 e. The Hall–Kier alpha value is -4.55. The number of H-pyrrole nitrogens is 1. The number of fused-ring (bicyclic) bond motifs is 1. The van der Waals surface area contributed by atoms with Crippen LogP contribution < -0.4 is 21.3 Å². The molecule has 1 aliphatic carbocycles. The van der Waals surface area contributed by atoms with Crippen molar-refractivity contribution in [1.29, 1.82) is 0 Å². The van der Waals surface area contributed by atoms with Crippen LogP contribution in [0.2, 0.25) is 0 Å². The van der Waals surface area contributed by atoms with Gasteiger partial charge in [-0.2, -0.15) is 0 Å². The quantitative estimate of drug-likeness (QED) is 0.142. The molecule has 0 radical (unpaired) electrons. The minimum Gasteiger partial charge on any atom is -0.350 e. The van der Waals surface area contributed by atoms with E-state index in [4.69, 9.17) is 0 Å². The van der Waals surface area contributed by atoms with Gasteiger partial charge in [0, 0.05) is 23.5 Å². The summed E-state index contributed by atoms with van der Waals surface area (Å²) in [5, 5.41) is 11.4. The van der Waals surface area contributed by atoms with E-state index in [1.165, 1.54) is 11.8 Å². The number of nitrogens with one attached hydrogen (secondary N) is 5. The molecule has 4 rings (SSSR count). The largest absolute Gasteiger partial charge is 0.350 e. The molecule has 0 spiro atoms. The topological polar surface area (TPSA) is 187 Å². The number of carbonyl (C=O) groups excluding carboxylic acids is 7. The van der Waals surface area contributed by atoms with Crippen LogP contribution in [-0.4, -0.2) is 88.2 Å². The first-order valence-electron chi connectivity index (χ1n) is 17.3. The van der Waals surface area contributed by atoms with Crippen LogP contribution in [-0.2, 0) is 24.0 Å². The number of aromatic nitrogens is 1. The van der Waals surface area contributed by atoms with Crippen molar-refractivity contribution in [2.24, 2.45) is 11.3 Å². The molecule has 1 saturated carbocycles. The fraction of sp³-hybridized carbons (Fsp3) is 0.583. The molecular weight excluding hydrogens is 628 g/mol. The predicted octanol–water partition coefficient (Wildman–Crippen LogP) is 2.78. The number of amides is 5. The van der Waals surface area contributed by atoms with E-state index < -0.39 is 65.4 Å². The van der Waals surface area contributed by atoms with Crippen molar-refractivity contribution < 1.29 is 33.6 Å². The van der Waals surface area contributed by atoms with Gasteiger partial charge in [0.15, 0.2) is 5.78 Å². The second-order valence-electron chi connectivity index (χ2n) is 14.4. The third-order valence-electron chi connectivity index (χ3n) is 9.13. The third kappa shape index (κ3) is 9.12. The number of Topliss-reactive ketones (excluding diaryl/α,β-unsaturated/α-hetero) is 2. The SMILES string of the molecule is CCC[C@H]1C[C@@H](C(=O)N[C@@H](CCC)C(=O)C(=O)NC2CC2)N(C(=O)[C@@H](NC(=O)CNC(=O)c2[nH]c3ccccc3c2C(C)=O)C(C)(C)C)C1. The van der Waals surface area contributed by atoms with Crippen molar-refractivity contribution in [3.63, 3.8) is 0 Å². The Morgan fingerprint density at radius 2 is 1.67 bits per heavy atom. The zero-order chi connectivity index (χ0) is 36.0. The standard InChI is InChI=1S/C36H50N6O7/c1-7-11-21-17-26(32(46)40-25(12-8-2)30(45)34(48)38-22-15-16-22)42(19-21)35(49)31(36(4,5)6)41-27(44)18-37-33(47)29-28(20(3)43)23-13-9-10-14-24(23)39-29/h9-10,13-14,21-22,25-26,31,39H,7-8,11-12,15-19H2,1-6H3,(H,37,47)(H,38,48)(H,40,46)(H,41,44)/t21-,25-,26-,31+/m0/s1. The molecule has 2 heterocycles. The number of aromatic amines is 1. The minimum atomic E-state index is -1.05. The Morgan fingerprint density at radius 3 is 2.29 bits per heavy atom. The highest BCUT2D eigenvalue weighted by Gasteiger charge is 2.45. The Kier molecular flexibility index (Phi) is 12.0. The minimum absolute atomic E-state index is 0.00310. The molecule has 2 aromatic rings. The molecule has 1 aliphatic heterocycles. The number of para-hydroxylation sites is 1. The van der Waals surface area contributed by atoms with Crippen LogP contribution in [0.25, 0.3) is 10.9 Å². The maximum absolute atomic E-state index is 14.2. The van der Waals surface area contributed by atoms with E-state index in [-0.39, 0.29) is 35.4 Å². The van der Waals surface area contributed by atoms with Crippen LogP contribution in [0.15, 0.2) is 24.3 Å². The highest BCUT2D eigenvalue weighted by molar-refractivity contribution is 6.38. The normalized spacial score (nSPS) is 18.8. The van der Waals surface area contributed by atoms with E-state index in [9.17, 15) is 33.6 Å². The Morgan fingerprint density at radius 1 is 0.980 bits per heavy atom. The molecule has 0 unspecified atom stereocenters. The molecule has 1 aromatic heterocycles. The maximum atomic E-state index is 14.2. The number of ketones is 2. The second-order valence-corrected chi connectivity index (χ2v) is 14.4. The number of likely N-dealkylation sites (tertiary alicyclic amines) is 1. The number of hydrogen-bond acceptors (Lipinski definition) is 7. The number of carbonyl (C=O) groups is 7. The summed E-state index contributed by atoms with van der Waals surface area (Å²) >= 11 is 0. The van der Waals surface area contributed by atoms with Crippen molar-refractivity contribution in [2.45, 2.75) is 111 Å². The zero-order valence-corrected chi connectivity index (χ0v) is 29.4. The molecule has 1 saturated heterocycles. The van der Waals surface area contributed by atoms with E-state index in [1.54, 1.807) is 45.0 Å². The van der Waals surface area contributed by atoms with Crippen LogP contribution in [0.5, 0.6) is 0 Å². The van der Waals surface area contributed by atoms with Crippen molar-refractivity contribution in [3.05, 3.63) is 35.5 Å². The highest BCUT2D eigenvalue weighted by atomic mass is 16.2. The van der Waals surface area contributed by atoms with Gasteiger partial charge < -0.3 is 31.2 Å². The summed E-state index contributed by atoms with van der Waals surface area (Å²) in [6.07, 6.45) is 4.50. The summed E-state index contributed by atoms with van der Waals surface area (Å²) in [7, 11) is 0. The Labute approximate surface area is 287 Å². The number of hydrogen-bond donors (Lipinski definition) is 5. The van der Waals surface area contributed by atoms with Gasteiger partial charge in [-0.25, -0.2) is 0 Å². The zero-order valence-electron chi connectivity index (χ0n) is 29.4. The van der Waals surface area contributed by atoms with E-state index in [2.05, 4.69) is 26.3 Å². The molecule has 1 aromatic carbocycles. The summed E-state index contributed by atoms with van der Waals surface area (Å²) in [4.78, 5) is 96.7. The van der Waals surface area contributed by atoms with Gasteiger partial charge in [0.25, 0.3) is 11.8 Å². The van der Waals surface area contributed by atoms with Gasteiger partial charge in [0.05, 0.1) is 18.2 Å². The molecule has 5 amide bonds. The van der Waals surface area contributed by atoms with Gasteiger partial charge in [0.1, 0.15) is 17.8 Å². The third-order valence-corrected chi connectivity index (χ3v) is 9.13. The van der Waals surface area contributed by atoms with Crippen molar-refractivity contribution in [2.75, 3.05) is 13.1 Å². The van der Waals surface area contributed by atoms with Gasteiger partial charge in [-0.15, -0.1) is 0 Å². The lowest BCUT2D eigenvalue weighted by Gasteiger charge is -2.35. The molecule has 5 N–H and O–H groups in total. The van der Waals surface area contributed by atoms with Gasteiger partial charge in [-0.3, -0.25) is 33.6 Å². The molecule has 4 atom stereocenters. The second kappa shape index (κ2) is 15.8. The van der Waals surface area contributed by atoms with E-state index in [1.807, 2.05) is 13.8 Å². The van der Waals surface area contributed by atoms with E-state index >= 15 is 0 Å². The van der Waals surface area contributed by atoms with Crippen molar-refractivity contribution >= 4 is 52.0 Å². The van der Waals surface area contributed by atoms with Crippen LogP contribution in [0.3, 0.4) is 0 Å². The number of nitrogens with zero attached hydrogens (tertiary/aromatic N) is 1. The summed E-state index contributed by atoms with van der Waals surface area (Å²) in [6.45, 7) is 10.5. The van der Waals surface area contributed by atoms with Gasteiger partial charge >= 0.3 is 0 Å². The molecule has 0 bridgehead atoms. The van der Waals surface area contributed by atoms with Gasteiger partial charge in [-0.05, 0) is 56.4 Å². The molecule has 2 aliphatic rings. The Balaban J connectivity index is 1.47. The van der Waals surface area contributed by atoms with Crippen molar-refractivity contribution in [3.8, 4) is 0 Å². The van der Waals surface area contributed by atoms with Crippen LogP contribution in [0.1, 0.15) is 107 Å². The number of benzene rings is 1. The maximum Gasteiger partial charge on any atom is 0.289 e. The highest BCUT2D eigenvalue weighted by Crippen LogP contribution is 2.31. The number of rotatable bonds is 15. The lowest BCUT2D eigenvalue weighted by molar-refractivity contribution is -0.145. The lowest BCUT2D eigenvalue weighted by Crippen LogP contribution is -2.59. The predicted molar refractivity (Wildman–Crippen MR) is 184 cm³/mol.